The average molecular weight is 625 g/mol. The first-order chi connectivity index (χ1) is 24.3. The van der Waals surface area contributed by atoms with E-state index < -0.39 is 0 Å². The van der Waals surface area contributed by atoms with Crippen molar-refractivity contribution in [3.8, 4) is 44.6 Å². The van der Waals surface area contributed by atoms with Crippen molar-refractivity contribution in [2.45, 2.75) is 0 Å². The number of nitrogens with zero attached hydrogens (tertiary/aromatic N) is 2. The number of rotatable bonds is 4. The Morgan fingerprint density at radius 3 is 1.88 bits per heavy atom. The van der Waals surface area contributed by atoms with Crippen molar-refractivity contribution in [1.29, 1.82) is 0 Å². The lowest BCUT2D eigenvalue weighted by molar-refractivity contribution is 0.674. The quantitative estimate of drug-likeness (QED) is 0.183. The van der Waals surface area contributed by atoms with Gasteiger partial charge in [0.15, 0.2) is 0 Å². The summed E-state index contributed by atoms with van der Waals surface area (Å²) in [5, 5.41) is 6.67. The van der Waals surface area contributed by atoms with Crippen LogP contribution in [0.1, 0.15) is 0 Å². The molecule has 0 fully saturated rings. The van der Waals surface area contributed by atoms with Gasteiger partial charge in [-0.3, -0.25) is 4.98 Å². The molecule has 3 heteroatoms. The number of benzene rings is 7. The third kappa shape index (κ3) is 4.51. The highest BCUT2D eigenvalue weighted by atomic mass is 16.3. The first-order valence-electron chi connectivity index (χ1n) is 16.6. The minimum absolute atomic E-state index is 0.886. The molecule has 3 heterocycles. The first-order valence-corrected chi connectivity index (χ1v) is 16.6. The maximum absolute atomic E-state index is 6.86. The molecule has 7 aromatic carbocycles. The molecule has 49 heavy (non-hydrogen) atoms. The van der Waals surface area contributed by atoms with Gasteiger partial charge >= 0.3 is 0 Å². The van der Waals surface area contributed by atoms with Gasteiger partial charge < -0.3 is 4.42 Å². The lowest BCUT2D eigenvalue weighted by Crippen LogP contribution is -1.89. The molecule has 0 atom stereocenters. The Hall–Kier alpha value is -6.58. The van der Waals surface area contributed by atoms with Gasteiger partial charge in [0.2, 0.25) is 0 Å². The predicted octanol–water partition coefficient (Wildman–Crippen LogP) is 12.5. The molecule has 0 spiro atoms. The number of para-hydroxylation sites is 1. The van der Waals surface area contributed by atoms with Crippen molar-refractivity contribution < 1.29 is 4.42 Å². The number of pyridine rings is 2. The van der Waals surface area contributed by atoms with Gasteiger partial charge in [0, 0.05) is 44.3 Å². The van der Waals surface area contributed by atoms with Crippen molar-refractivity contribution in [2.24, 2.45) is 0 Å². The van der Waals surface area contributed by atoms with E-state index >= 15 is 0 Å². The monoisotopic (exact) mass is 624 g/mol. The Morgan fingerprint density at radius 1 is 0.367 bits per heavy atom. The summed E-state index contributed by atoms with van der Waals surface area (Å²) in [4.78, 5) is 9.77. The van der Waals surface area contributed by atoms with Crippen LogP contribution in [0.2, 0.25) is 0 Å². The molecule has 3 nitrogen and oxygen atoms in total. The van der Waals surface area contributed by atoms with E-state index in [2.05, 4.69) is 163 Å². The van der Waals surface area contributed by atoms with E-state index in [1.807, 2.05) is 12.3 Å². The van der Waals surface area contributed by atoms with Crippen LogP contribution < -0.4 is 0 Å². The SMILES string of the molecule is c1ccc(-c2cccc(-c3cc4c5cccc(-c6cccc(-c7ccc8ccc9cccnc9c8n7)c6)c5oc4c4ccccc34)c2)cc1. The Morgan fingerprint density at radius 2 is 1.00 bits per heavy atom. The summed E-state index contributed by atoms with van der Waals surface area (Å²) in [6.45, 7) is 0. The molecule has 0 aliphatic carbocycles. The van der Waals surface area contributed by atoms with Gasteiger partial charge in [-0.05, 0) is 63.5 Å². The molecule has 0 N–H and O–H groups in total. The van der Waals surface area contributed by atoms with E-state index in [-0.39, 0.29) is 0 Å². The van der Waals surface area contributed by atoms with Crippen LogP contribution in [0.5, 0.6) is 0 Å². The molecule has 10 rings (SSSR count). The maximum atomic E-state index is 6.86. The molecule has 0 bridgehead atoms. The van der Waals surface area contributed by atoms with E-state index in [4.69, 9.17) is 9.40 Å². The van der Waals surface area contributed by atoms with Crippen LogP contribution in [0, 0.1) is 0 Å². The summed E-state index contributed by atoms with van der Waals surface area (Å²) in [5.41, 5.74) is 12.5. The Bertz CT molecular complexity index is 2890. The van der Waals surface area contributed by atoms with Crippen molar-refractivity contribution in [3.05, 3.63) is 170 Å². The predicted molar refractivity (Wildman–Crippen MR) is 204 cm³/mol. The van der Waals surface area contributed by atoms with Gasteiger partial charge in [-0.1, -0.05) is 133 Å². The lowest BCUT2D eigenvalue weighted by atomic mass is 9.93. The lowest BCUT2D eigenvalue weighted by Gasteiger charge is -2.10. The second-order valence-corrected chi connectivity index (χ2v) is 12.6. The van der Waals surface area contributed by atoms with Crippen LogP contribution in [0.15, 0.2) is 174 Å². The summed E-state index contributed by atoms with van der Waals surface area (Å²) < 4.78 is 6.86. The van der Waals surface area contributed by atoms with E-state index in [1.54, 1.807) is 0 Å². The molecule has 0 amide bonds. The molecule has 0 saturated heterocycles. The fraction of sp³-hybridized carbons (Fsp3) is 0. The minimum atomic E-state index is 0.886. The average Bonchev–Trinajstić information content (AvgIpc) is 3.57. The fourth-order valence-corrected chi connectivity index (χ4v) is 7.31. The topological polar surface area (TPSA) is 38.9 Å². The number of fused-ring (bicyclic) bond motifs is 8. The van der Waals surface area contributed by atoms with Crippen LogP contribution in [0.25, 0.3) is 99.2 Å². The van der Waals surface area contributed by atoms with E-state index in [9.17, 15) is 0 Å². The number of hydrogen-bond acceptors (Lipinski definition) is 3. The normalized spacial score (nSPS) is 11.7. The van der Waals surface area contributed by atoms with Gasteiger partial charge in [-0.25, -0.2) is 4.98 Å². The van der Waals surface area contributed by atoms with Gasteiger partial charge in [-0.15, -0.1) is 0 Å². The van der Waals surface area contributed by atoms with E-state index in [1.165, 1.54) is 27.6 Å². The van der Waals surface area contributed by atoms with Gasteiger partial charge in [0.25, 0.3) is 0 Å². The van der Waals surface area contributed by atoms with Gasteiger partial charge in [0.1, 0.15) is 11.2 Å². The standard InChI is InChI=1S/C46H28N2O/c1-2-10-29(11-3-1)32-12-6-14-34(26-32)40-28-41-39-20-8-19-36(45(39)49-46(41)38-18-5-4-17-37(38)40)33-13-7-15-35(27-33)42-24-23-31-22-21-30-16-9-25-47-43(30)44(31)48-42/h1-28H. The third-order valence-electron chi connectivity index (χ3n) is 9.69. The van der Waals surface area contributed by atoms with Crippen molar-refractivity contribution >= 4 is 54.5 Å². The third-order valence-corrected chi connectivity index (χ3v) is 9.69. The number of furan rings is 1. The molecule has 0 saturated carbocycles. The molecule has 3 aromatic heterocycles. The zero-order valence-corrected chi connectivity index (χ0v) is 26.5. The van der Waals surface area contributed by atoms with Crippen LogP contribution >= 0.6 is 0 Å². The molecule has 0 aliphatic rings. The van der Waals surface area contributed by atoms with E-state index in [0.29, 0.717) is 0 Å². The fourth-order valence-electron chi connectivity index (χ4n) is 7.31. The minimum Gasteiger partial charge on any atom is -0.455 e. The highest BCUT2D eigenvalue weighted by Gasteiger charge is 2.18. The zero-order chi connectivity index (χ0) is 32.3. The summed E-state index contributed by atoms with van der Waals surface area (Å²) in [6, 6.07) is 57.8. The second-order valence-electron chi connectivity index (χ2n) is 12.6. The molecule has 0 radical (unpaired) electrons. The van der Waals surface area contributed by atoms with Crippen molar-refractivity contribution in [2.75, 3.05) is 0 Å². The Kier molecular flexibility index (Phi) is 6.18. The number of aromatic nitrogens is 2. The van der Waals surface area contributed by atoms with Crippen LogP contribution in [0.3, 0.4) is 0 Å². The molecular weight excluding hydrogens is 597 g/mol. The summed E-state index contributed by atoms with van der Waals surface area (Å²) in [6.07, 6.45) is 1.83. The van der Waals surface area contributed by atoms with Crippen LogP contribution in [0.4, 0.5) is 0 Å². The van der Waals surface area contributed by atoms with Gasteiger partial charge in [-0.2, -0.15) is 0 Å². The smallest absolute Gasteiger partial charge is 0.143 e. The van der Waals surface area contributed by atoms with E-state index in [0.717, 1.165) is 71.5 Å². The Balaban J connectivity index is 1.14. The van der Waals surface area contributed by atoms with Crippen LogP contribution in [-0.2, 0) is 0 Å². The molecule has 0 aliphatic heterocycles. The zero-order valence-electron chi connectivity index (χ0n) is 26.5. The largest absolute Gasteiger partial charge is 0.455 e. The van der Waals surface area contributed by atoms with Crippen molar-refractivity contribution in [3.63, 3.8) is 0 Å². The summed E-state index contributed by atoms with van der Waals surface area (Å²) >= 11 is 0. The summed E-state index contributed by atoms with van der Waals surface area (Å²) in [5.74, 6) is 0. The molecule has 10 aromatic rings. The highest BCUT2D eigenvalue weighted by molar-refractivity contribution is 6.20. The summed E-state index contributed by atoms with van der Waals surface area (Å²) in [7, 11) is 0. The van der Waals surface area contributed by atoms with Crippen LogP contribution in [-0.4, -0.2) is 9.97 Å². The van der Waals surface area contributed by atoms with Crippen molar-refractivity contribution in [1.82, 2.24) is 9.97 Å². The second kappa shape index (κ2) is 11.0. The maximum Gasteiger partial charge on any atom is 0.143 e. The first kappa shape index (κ1) is 27.5. The van der Waals surface area contributed by atoms with Gasteiger partial charge in [0.05, 0.1) is 16.7 Å². The molecular formula is C46H28N2O. The highest BCUT2D eigenvalue weighted by Crippen LogP contribution is 2.43. The molecule has 228 valence electrons. The molecule has 0 unspecified atom stereocenters. The number of hydrogen-bond donors (Lipinski definition) is 0. The Labute approximate surface area is 282 Å².